The van der Waals surface area contributed by atoms with Crippen LogP contribution in [0.2, 0.25) is 0 Å². The average Bonchev–Trinajstić information content (AvgIpc) is 2.87. The van der Waals surface area contributed by atoms with Gasteiger partial charge in [0.2, 0.25) is 0 Å². The highest BCUT2D eigenvalue weighted by atomic mass is 16.5. The number of aromatic nitrogens is 3. The molecule has 2 aromatic rings. The van der Waals surface area contributed by atoms with Gasteiger partial charge in [0.1, 0.15) is 17.9 Å². The van der Waals surface area contributed by atoms with E-state index in [9.17, 15) is 4.79 Å². The van der Waals surface area contributed by atoms with Crippen LogP contribution in [0.1, 0.15) is 23.2 Å². The van der Waals surface area contributed by atoms with E-state index in [0.29, 0.717) is 11.6 Å². The number of rotatable bonds is 3. The summed E-state index contributed by atoms with van der Waals surface area (Å²) < 4.78 is 11.1. The summed E-state index contributed by atoms with van der Waals surface area (Å²) in [7, 11) is 0. The molecule has 0 atom stereocenters. The Bertz CT molecular complexity index is 530. The zero-order valence-electron chi connectivity index (χ0n) is 9.51. The Labute approximate surface area is 97.2 Å². The third-order valence-corrected chi connectivity index (χ3v) is 2.20. The van der Waals surface area contributed by atoms with Crippen molar-refractivity contribution in [2.24, 2.45) is 0 Å². The van der Waals surface area contributed by atoms with Crippen molar-refractivity contribution in [2.75, 3.05) is 12.3 Å². The van der Waals surface area contributed by atoms with Crippen LogP contribution in [-0.2, 0) is 4.74 Å². The van der Waals surface area contributed by atoms with E-state index in [4.69, 9.17) is 15.0 Å². The van der Waals surface area contributed by atoms with Crippen LogP contribution in [0.4, 0.5) is 5.82 Å². The molecular formula is C10H12N4O3. The molecule has 0 aliphatic heterocycles. The fourth-order valence-electron chi connectivity index (χ4n) is 1.51. The van der Waals surface area contributed by atoms with Crippen molar-refractivity contribution in [1.82, 2.24) is 14.7 Å². The SMILES string of the molecule is CCOC(=O)c1nc(C)n(-c2ccon2)c1N. The monoisotopic (exact) mass is 236 g/mol. The van der Waals surface area contributed by atoms with E-state index in [1.54, 1.807) is 19.9 Å². The first-order valence-electron chi connectivity index (χ1n) is 5.07. The third kappa shape index (κ3) is 1.86. The van der Waals surface area contributed by atoms with Gasteiger partial charge < -0.3 is 15.0 Å². The second-order valence-electron chi connectivity index (χ2n) is 3.31. The molecule has 0 aliphatic carbocycles. The van der Waals surface area contributed by atoms with Crippen LogP contribution in [-0.4, -0.2) is 27.3 Å². The molecule has 0 spiro atoms. The largest absolute Gasteiger partial charge is 0.461 e. The van der Waals surface area contributed by atoms with Gasteiger partial charge in [0.15, 0.2) is 11.5 Å². The van der Waals surface area contributed by atoms with Gasteiger partial charge in [-0.15, -0.1) is 0 Å². The first-order chi connectivity index (χ1) is 8.15. The van der Waals surface area contributed by atoms with Gasteiger partial charge >= 0.3 is 5.97 Å². The standard InChI is InChI=1S/C10H12N4O3/c1-3-16-10(15)8-9(11)14(6(2)12-8)7-4-5-17-13-7/h4-5H,3,11H2,1-2H3. The molecule has 0 aromatic carbocycles. The van der Waals surface area contributed by atoms with Gasteiger partial charge in [-0.25, -0.2) is 9.78 Å². The van der Waals surface area contributed by atoms with E-state index in [2.05, 4.69) is 10.1 Å². The average molecular weight is 236 g/mol. The number of carbonyl (C=O) groups is 1. The lowest BCUT2D eigenvalue weighted by Crippen LogP contribution is -2.09. The Morgan fingerprint density at radius 3 is 3.00 bits per heavy atom. The summed E-state index contributed by atoms with van der Waals surface area (Å²) in [5.74, 6) is 0.660. The first kappa shape index (κ1) is 11.2. The van der Waals surface area contributed by atoms with Crippen LogP contribution in [0.25, 0.3) is 5.82 Å². The molecule has 2 heterocycles. The normalized spacial score (nSPS) is 10.5. The first-order valence-corrected chi connectivity index (χ1v) is 5.07. The minimum atomic E-state index is -0.546. The van der Waals surface area contributed by atoms with Gasteiger partial charge in [-0.05, 0) is 13.8 Å². The molecule has 0 aliphatic rings. The number of nitrogen functional groups attached to an aromatic ring is 1. The predicted octanol–water partition coefficient (Wildman–Crippen LogP) is 0.928. The molecule has 0 saturated carbocycles. The lowest BCUT2D eigenvalue weighted by atomic mass is 10.4. The van der Waals surface area contributed by atoms with Crippen molar-refractivity contribution in [2.45, 2.75) is 13.8 Å². The smallest absolute Gasteiger partial charge is 0.360 e. The van der Waals surface area contributed by atoms with Gasteiger partial charge in [0.05, 0.1) is 6.61 Å². The Balaban J connectivity index is 2.46. The summed E-state index contributed by atoms with van der Waals surface area (Å²) >= 11 is 0. The van der Waals surface area contributed by atoms with E-state index in [-0.39, 0.29) is 18.1 Å². The highest BCUT2D eigenvalue weighted by molar-refractivity contribution is 5.92. The Morgan fingerprint density at radius 2 is 2.41 bits per heavy atom. The van der Waals surface area contributed by atoms with Gasteiger partial charge in [0.25, 0.3) is 0 Å². The molecule has 0 bridgehead atoms. The number of hydrogen-bond donors (Lipinski definition) is 1. The number of esters is 1. The minimum Gasteiger partial charge on any atom is -0.461 e. The lowest BCUT2D eigenvalue weighted by Gasteiger charge is -2.02. The fraction of sp³-hybridized carbons (Fsp3) is 0.300. The zero-order valence-corrected chi connectivity index (χ0v) is 9.51. The number of ether oxygens (including phenoxy) is 1. The summed E-state index contributed by atoms with van der Waals surface area (Å²) in [6.07, 6.45) is 1.41. The molecule has 2 aromatic heterocycles. The van der Waals surface area contributed by atoms with Crippen molar-refractivity contribution < 1.29 is 14.1 Å². The molecule has 7 nitrogen and oxygen atoms in total. The Kier molecular flexibility index (Phi) is 2.82. The molecule has 0 unspecified atom stereocenters. The van der Waals surface area contributed by atoms with Gasteiger partial charge in [0, 0.05) is 6.07 Å². The summed E-state index contributed by atoms with van der Waals surface area (Å²) in [5, 5.41) is 3.74. The maximum atomic E-state index is 11.6. The number of nitrogens with zero attached hydrogens (tertiary/aromatic N) is 3. The van der Waals surface area contributed by atoms with Crippen molar-refractivity contribution in [3.05, 3.63) is 23.8 Å². The van der Waals surface area contributed by atoms with Crippen LogP contribution in [0.3, 0.4) is 0 Å². The van der Waals surface area contributed by atoms with Crippen molar-refractivity contribution in [3.63, 3.8) is 0 Å². The van der Waals surface area contributed by atoms with Gasteiger partial charge in [-0.3, -0.25) is 4.57 Å². The minimum absolute atomic E-state index is 0.0901. The van der Waals surface area contributed by atoms with E-state index in [0.717, 1.165) is 0 Å². The molecule has 17 heavy (non-hydrogen) atoms. The highest BCUT2D eigenvalue weighted by Gasteiger charge is 2.21. The quantitative estimate of drug-likeness (QED) is 0.796. The van der Waals surface area contributed by atoms with Gasteiger partial charge in [-0.2, -0.15) is 0 Å². The molecule has 0 radical (unpaired) electrons. The van der Waals surface area contributed by atoms with Crippen LogP contribution in [0, 0.1) is 6.92 Å². The van der Waals surface area contributed by atoms with Crippen molar-refractivity contribution in [1.29, 1.82) is 0 Å². The van der Waals surface area contributed by atoms with Crippen LogP contribution in [0.15, 0.2) is 16.9 Å². The second kappa shape index (κ2) is 4.28. The predicted molar refractivity (Wildman–Crippen MR) is 58.7 cm³/mol. The summed E-state index contributed by atoms with van der Waals surface area (Å²) in [5.41, 5.74) is 5.93. The number of aryl methyl sites for hydroxylation is 1. The maximum Gasteiger partial charge on any atom is 0.360 e. The summed E-state index contributed by atoms with van der Waals surface area (Å²) in [6, 6.07) is 1.62. The van der Waals surface area contributed by atoms with E-state index < -0.39 is 5.97 Å². The van der Waals surface area contributed by atoms with E-state index in [1.807, 2.05) is 0 Å². The summed E-state index contributed by atoms with van der Waals surface area (Å²) in [6.45, 7) is 3.71. The topological polar surface area (TPSA) is 96.2 Å². The zero-order chi connectivity index (χ0) is 12.4. The molecule has 0 fully saturated rings. The Hall–Kier alpha value is -2.31. The summed E-state index contributed by atoms with van der Waals surface area (Å²) in [4.78, 5) is 15.6. The van der Waals surface area contributed by atoms with Gasteiger partial charge in [-0.1, -0.05) is 5.16 Å². The maximum absolute atomic E-state index is 11.6. The molecule has 7 heteroatoms. The highest BCUT2D eigenvalue weighted by Crippen LogP contribution is 2.19. The molecular weight excluding hydrogens is 224 g/mol. The van der Waals surface area contributed by atoms with Crippen LogP contribution >= 0.6 is 0 Å². The molecule has 0 saturated heterocycles. The van der Waals surface area contributed by atoms with E-state index >= 15 is 0 Å². The number of carbonyl (C=O) groups excluding carboxylic acids is 1. The molecule has 2 rings (SSSR count). The number of imidazole rings is 1. The number of anilines is 1. The van der Waals surface area contributed by atoms with Crippen LogP contribution < -0.4 is 5.73 Å². The second-order valence-corrected chi connectivity index (χ2v) is 3.31. The fourth-order valence-corrected chi connectivity index (χ4v) is 1.51. The van der Waals surface area contributed by atoms with Crippen molar-refractivity contribution in [3.8, 4) is 5.82 Å². The molecule has 90 valence electrons. The molecule has 2 N–H and O–H groups in total. The lowest BCUT2D eigenvalue weighted by molar-refractivity contribution is 0.0521. The van der Waals surface area contributed by atoms with Crippen molar-refractivity contribution >= 4 is 11.8 Å². The Morgan fingerprint density at radius 1 is 1.65 bits per heavy atom. The third-order valence-electron chi connectivity index (χ3n) is 2.20. The van der Waals surface area contributed by atoms with Crippen LogP contribution in [0.5, 0.6) is 0 Å². The molecule has 0 amide bonds. The van der Waals surface area contributed by atoms with E-state index in [1.165, 1.54) is 10.8 Å². The number of hydrogen-bond acceptors (Lipinski definition) is 6. The number of nitrogens with two attached hydrogens (primary N) is 1.